The van der Waals surface area contributed by atoms with Crippen LogP contribution in [0.1, 0.15) is 17.4 Å². The zero-order valence-electron chi connectivity index (χ0n) is 8.07. The monoisotopic (exact) mass is 203 g/mol. The van der Waals surface area contributed by atoms with Crippen molar-refractivity contribution in [3.8, 4) is 5.75 Å². The Hall–Kier alpha value is -2.10. The highest BCUT2D eigenvalue weighted by atomic mass is 16.3. The molecule has 1 aromatic carbocycles. The van der Waals surface area contributed by atoms with E-state index in [1.807, 2.05) is 0 Å². The topological polar surface area (TPSA) is 70.2 Å². The third-order valence-electron chi connectivity index (χ3n) is 2.24. The van der Waals surface area contributed by atoms with Crippen LogP contribution in [0.4, 0.5) is 0 Å². The lowest BCUT2D eigenvalue weighted by Gasteiger charge is -2.03. The number of benzene rings is 1. The second-order valence-electron chi connectivity index (χ2n) is 3.28. The van der Waals surface area contributed by atoms with Crippen LogP contribution >= 0.6 is 0 Å². The van der Waals surface area contributed by atoms with Crippen LogP contribution in [-0.2, 0) is 0 Å². The van der Waals surface area contributed by atoms with Crippen molar-refractivity contribution < 1.29 is 9.90 Å². The lowest BCUT2D eigenvalue weighted by molar-refractivity contribution is 0.101. The largest absolute Gasteiger partial charge is 0.503 e. The molecule has 4 heteroatoms. The van der Waals surface area contributed by atoms with E-state index in [-0.39, 0.29) is 11.5 Å². The molecule has 0 bridgehead atoms. The summed E-state index contributed by atoms with van der Waals surface area (Å²) < 4.78 is 0. The number of aromatic nitrogens is 1. The van der Waals surface area contributed by atoms with E-state index >= 15 is 0 Å². The number of nitrogens with one attached hydrogen (secondary N) is 1. The van der Waals surface area contributed by atoms with E-state index in [0.29, 0.717) is 10.9 Å². The Morgan fingerprint density at radius 3 is 2.67 bits per heavy atom. The SMILES string of the molecule is CC(=O)c1[nH]c2ccccc2c(=O)c1O. The van der Waals surface area contributed by atoms with Gasteiger partial charge in [0, 0.05) is 12.3 Å². The maximum atomic E-state index is 11.6. The Morgan fingerprint density at radius 2 is 2.00 bits per heavy atom. The first-order chi connectivity index (χ1) is 7.11. The molecular weight excluding hydrogens is 194 g/mol. The van der Waals surface area contributed by atoms with E-state index in [1.54, 1.807) is 24.3 Å². The van der Waals surface area contributed by atoms with Crippen LogP contribution in [0.5, 0.6) is 5.75 Å². The maximum absolute atomic E-state index is 11.6. The number of pyridine rings is 1. The molecule has 0 aliphatic heterocycles. The molecule has 1 aromatic heterocycles. The average Bonchev–Trinajstić information content (AvgIpc) is 2.23. The molecule has 2 rings (SSSR count). The fraction of sp³-hybridized carbons (Fsp3) is 0.0909. The Kier molecular flexibility index (Phi) is 2.04. The number of hydrogen-bond donors (Lipinski definition) is 2. The maximum Gasteiger partial charge on any atom is 0.231 e. The summed E-state index contributed by atoms with van der Waals surface area (Å²) in [6, 6.07) is 6.73. The number of rotatable bonds is 1. The second-order valence-corrected chi connectivity index (χ2v) is 3.28. The minimum Gasteiger partial charge on any atom is -0.503 e. The molecule has 0 aliphatic carbocycles. The number of carbonyl (C=O) groups excluding carboxylic acids is 1. The number of aromatic amines is 1. The van der Waals surface area contributed by atoms with Gasteiger partial charge < -0.3 is 10.1 Å². The summed E-state index contributed by atoms with van der Waals surface area (Å²) in [7, 11) is 0. The molecule has 0 saturated carbocycles. The molecule has 15 heavy (non-hydrogen) atoms. The highest BCUT2D eigenvalue weighted by Gasteiger charge is 2.13. The summed E-state index contributed by atoms with van der Waals surface area (Å²) in [6.07, 6.45) is 0. The Balaban J connectivity index is 2.95. The molecule has 0 amide bonds. The fourth-order valence-electron chi connectivity index (χ4n) is 1.48. The van der Waals surface area contributed by atoms with Crippen LogP contribution in [0.25, 0.3) is 10.9 Å². The van der Waals surface area contributed by atoms with Crippen molar-refractivity contribution in [1.29, 1.82) is 0 Å². The first kappa shape index (κ1) is 9.45. The summed E-state index contributed by atoms with van der Waals surface area (Å²) in [5.74, 6) is -0.878. The van der Waals surface area contributed by atoms with Gasteiger partial charge in [-0.2, -0.15) is 0 Å². The van der Waals surface area contributed by atoms with Gasteiger partial charge in [-0.1, -0.05) is 12.1 Å². The second kappa shape index (κ2) is 3.24. The van der Waals surface area contributed by atoms with Crippen molar-refractivity contribution >= 4 is 16.7 Å². The lowest BCUT2D eigenvalue weighted by atomic mass is 10.1. The van der Waals surface area contributed by atoms with Gasteiger partial charge in [0.2, 0.25) is 5.43 Å². The third kappa shape index (κ3) is 1.40. The van der Waals surface area contributed by atoms with Crippen molar-refractivity contribution in [2.45, 2.75) is 6.92 Å². The Bertz CT molecular complexity index is 598. The molecule has 0 radical (unpaired) electrons. The molecule has 2 aromatic rings. The summed E-state index contributed by atoms with van der Waals surface area (Å²) >= 11 is 0. The number of para-hydroxylation sites is 1. The van der Waals surface area contributed by atoms with Gasteiger partial charge in [0.05, 0.1) is 5.52 Å². The number of aromatic hydroxyl groups is 1. The molecule has 0 fully saturated rings. The Labute approximate surface area is 85.2 Å². The van der Waals surface area contributed by atoms with Crippen molar-refractivity contribution in [3.63, 3.8) is 0 Å². The number of carbonyl (C=O) groups is 1. The van der Waals surface area contributed by atoms with Gasteiger partial charge in [-0.3, -0.25) is 9.59 Å². The molecule has 4 nitrogen and oxygen atoms in total. The molecule has 0 unspecified atom stereocenters. The van der Waals surface area contributed by atoms with Gasteiger partial charge in [0.25, 0.3) is 0 Å². The highest BCUT2D eigenvalue weighted by molar-refractivity contribution is 5.97. The smallest absolute Gasteiger partial charge is 0.231 e. The fourth-order valence-corrected chi connectivity index (χ4v) is 1.48. The van der Waals surface area contributed by atoms with Crippen molar-refractivity contribution in [1.82, 2.24) is 4.98 Å². The zero-order chi connectivity index (χ0) is 11.0. The third-order valence-corrected chi connectivity index (χ3v) is 2.24. The van der Waals surface area contributed by atoms with Crippen LogP contribution in [0.2, 0.25) is 0 Å². The normalized spacial score (nSPS) is 10.5. The number of hydrogen-bond acceptors (Lipinski definition) is 3. The minimum absolute atomic E-state index is 0.0429. The Morgan fingerprint density at radius 1 is 1.33 bits per heavy atom. The van der Waals surface area contributed by atoms with E-state index in [1.165, 1.54) is 6.92 Å². The molecule has 0 atom stereocenters. The number of ketones is 1. The predicted octanol–water partition coefficient (Wildman–Crippen LogP) is 1.44. The van der Waals surface area contributed by atoms with E-state index in [2.05, 4.69) is 4.98 Å². The first-order valence-electron chi connectivity index (χ1n) is 4.46. The first-order valence-corrected chi connectivity index (χ1v) is 4.46. The summed E-state index contributed by atoms with van der Waals surface area (Å²) in [5, 5.41) is 9.88. The molecule has 0 aliphatic rings. The molecule has 1 heterocycles. The molecular formula is C11H9NO3. The average molecular weight is 203 g/mol. The molecule has 76 valence electrons. The lowest BCUT2D eigenvalue weighted by Crippen LogP contribution is -2.09. The molecule has 0 spiro atoms. The minimum atomic E-state index is -0.519. The van der Waals surface area contributed by atoms with Gasteiger partial charge in [-0.25, -0.2) is 0 Å². The van der Waals surface area contributed by atoms with Crippen LogP contribution in [0.15, 0.2) is 29.1 Å². The highest BCUT2D eigenvalue weighted by Crippen LogP contribution is 2.15. The van der Waals surface area contributed by atoms with Crippen molar-refractivity contribution in [3.05, 3.63) is 40.2 Å². The van der Waals surface area contributed by atoms with Crippen molar-refractivity contribution in [2.24, 2.45) is 0 Å². The zero-order valence-corrected chi connectivity index (χ0v) is 8.07. The predicted molar refractivity (Wildman–Crippen MR) is 56.2 cm³/mol. The van der Waals surface area contributed by atoms with Gasteiger partial charge in [-0.15, -0.1) is 0 Å². The van der Waals surface area contributed by atoms with Gasteiger partial charge in [0.15, 0.2) is 11.5 Å². The van der Waals surface area contributed by atoms with Gasteiger partial charge in [-0.05, 0) is 12.1 Å². The number of fused-ring (bicyclic) bond motifs is 1. The summed E-state index contributed by atoms with van der Waals surface area (Å²) in [6.45, 7) is 1.29. The van der Waals surface area contributed by atoms with Gasteiger partial charge >= 0.3 is 0 Å². The summed E-state index contributed by atoms with van der Waals surface area (Å²) in [4.78, 5) is 25.5. The summed E-state index contributed by atoms with van der Waals surface area (Å²) in [5.41, 5.74) is -0.0150. The number of H-pyrrole nitrogens is 1. The van der Waals surface area contributed by atoms with E-state index < -0.39 is 11.2 Å². The quantitative estimate of drug-likeness (QED) is 0.689. The van der Waals surface area contributed by atoms with Crippen LogP contribution in [0, 0.1) is 0 Å². The van der Waals surface area contributed by atoms with Crippen molar-refractivity contribution in [2.75, 3.05) is 0 Å². The molecule has 0 saturated heterocycles. The van der Waals surface area contributed by atoms with Crippen LogP contribution < -0.4 is 5.43 Å². The number of Topliss-reactive ketones (excluding diaryl/α,β-unsaturated/α-hetero) is 1. The standard InChI is InChI=1S/C11H9NO3/c1-6(13)9-11(15)10(14)7-4-2-3-5-8(7)12-9/h2-5,15H,1H3,(H,12,14). The van der Waals surface area contributed by atoms with E-state index in [9.17, 15) is 14.7 Å². The van der Waals surface area contributed by atoms with E-state index in [0.717, 1.165) is 0 Å². The van der Waals surface area contributed by atoms with Gasteiger partial charge in [0.1, 0.15) is 5.69 Å². The van der Waals surface area contributed by atoms with E-state index in [4.69, 9.17) is 0 Å². The van der Waals surface area contributed by atoms with Crippen LogP contribution in [0.3, 0.4) is 0 Å². The molecule has 2 N–H and O–H groups in total. The van der Waals surface area contributed by atoms with Crippen LogP contribution in [-0.4, -0.2) is 15.9 Å².